The van der Waals surface area contributed by atoms with Crippen LogP contribution in [-0.2, 0) is 0 Å². The van der Waals surface area contributed by atoms with Crippen molar-refractivity contribution in [2.75, 3.05) is 33.8 Å². The highest BCUT2D eigenvalue weighted by molar-refractivity contribution is 7.13. The molecule has 1 aromatic carbocycles. The fourth-order valence-electron chi connectivity index (χ4n) is 3.21. The maximum Gasteiger partial charge on any atom is 0.265 e. The summed E-state index contributed by atoms with van der Waals surface area (Å²) in [6.07, 6.45) is 0. The van der Waals surface area contributed by atoms with Crippen LogP contribution in [0.4, 0.5) is 0 Å². The lowest BCUT2D eigenvalue weighted by Crippen LogP contribution is -2.49. The van der Waals surface area contributed by atoms with Gasteiger partial charge in [-0.25, -0.2) is 4.98 Å². The molecule has 0 aliphatic carbocycles. The Labute approximate surface area is 146 Å². The highest BCUT2D eigenvalue weighted by Gasteiger charge is 2.31. The van der Waals surface area contributed by atoms with E-state index >= 15 is 0 Å². The van der Waals surface area contributed by atoms with E-state index < -0.39 is 0 Å². The molecule has 1 fully saturated rings. The Kier molecular flexibility index (Phi) is 4.87. The minimum absolute atomic E-state index is 0.0890. The van der Waals surface area contributed by atoms with Gasteiger partial charge >= 0.3 is 0 Å². The number of thiazole rings is 1. The van der Waals surface area contributed by atoms with Crippen molar-refractivity contribution < 1.29 is 9.53 Å². The van der Waals surface area contributed by atoms with Crippen LogP contribution in [0.5, 0.6) is 5.75 Å². The SMILES string of the molecule is COc1ccccc1C1CN(C(=O)c2sc(C)nc2C)CCN1C. The smallest absolute Gasteiger partial charge is 0.265 e. The van der Waals surface area contributed by atoms with Crippen molar-refractivity contribution in [3.63, 3.8) is 0 Å². The fraction of sp³-hybridized carbons (Fsp3) is 0.444. The number of nitrogens with zero attached hydrogens (tertiary/aromatic N) is 3. The second-order valence-electron chi connectivity index (χ2n) is 6.14. The molecule has 1 unspecified atom stereocenters. The second-order valence-corrected chi connectivity index (χ2v) is 7.34. The number of aryl methyl sites for hydroxylation is 2. The summed E-state index contributed by atoms with van der Waals surface area (Å²) in [4.78, 5) is 22.3. The summed E-state index contributed by atoms with van der Waals surface area (Å²) in [6, 6.07) is 8.17. The van der Waals surface area contributed by atoms with E-state index in [9.17, 15) is 4.79 Å². The Morgan fingerprint density at radius 1 is 1.29 bits per heavy atom. The average Bonchev–Trinajstić information content (AvgIpc) is 2.93. The summed E-state index contributed by atoms with van der Waals surface area (Å²) >= 11 is 1.48. The molecule has 128 valence electrons. The van der Waals surface area contributed by atoms with Gasteiger partial charge < -0.3 is 9.64 Å². The van der Waals surface area contributed by atoms with Gasteiger partial charge in [-0.15, -0.1) is 11.3 Å². The van der Waals surface area contributed by atoms with Crippen LogP contribution in [0.2, 0.25) is 0 Å². The number of hydrogen-bond acceptors (Lipinski definition) is 5. The standard InChI is InChI=1S/C18H23N3O2S/c1-12-17(24-13(2)19-12)18(22)21-10-9-20(3)15(11-21)14-7-5-6-8-16(14)23-4/h5-8,15H,9-11H2,1-4H3. The molecule has 24 heavy (non-hydrogen) atoms. The number of hydrogen-bond donors (Lipinski definition) is 0. The van der Waals surface area contributed by atoms with Gasteiger partial charge in [-0.05, 0) is 27.0 Å². The summed E-state index contributed by atoms with van der Waals surface area (Å²) in [6.45, 7) is 6.08. The molecule has 1 saturated heterocycles. The zero-order chi connectivity index (χ0) is 17.3. The van der Waals surface area contributed by atoms with Crippen LogP contribution >= 0.6 is 11.3 Å². The molecule has 0 bridgehead atoms. The van der Waals surface area contributed by atoms with E-state index in [4.69, 9.17) is 4.74 Å². The number of methoxy groups -OCH3 is 1. The first kappa shape index (κ1) is 16.9. The highest BCUT2D eigenvalue weighted by Crippen LogP contribution is 2.32. The molecule has 1 amide bonds. The van der Waals surface area contributed by atoms with E-state index in [0.29, 0.717) is 6.54 Å². The van der Waals surface area contributed by atoms with Crippen LogP contribution in [0.15, 0.2) is 24.3 Å². The zero-order valence-corrected chi connectivity index (χ0v) is 15.4. The molecule has 1 aromatic heterocycles. The molecule has 1 aliphatic rings. The lowest BCUT2D eigenvalue weighted by Gasteiger charge is -2.40. The summed E-state index contributed by atoms with van der Waals surface area (Å²) in [7, 11) is 3.79. The predicted molar refractivity (Wildman–Crippen MR) is 95.9 cm³/mol. The fourth-order valence-corrected chi connectivity index (χ4v) is 4.10. The Balaban J connectivity index is 1.85. The number of rotatable bonds is 3. The van der Waals surface area contributed by atoms with Crippen molar-refractivity contribution >= 4 is 17.2 Å². The van der Waals surface area contributed by atoms with Crippen LogP contribution in [0.25, 0.3) is 0 Å². The van der Waals surface area contributed by atoms with E-state index in [0.717, 1.165) is 40.0 Å². The van der Waals surface area contributed by atoms with Crippen LogP contribution in [0, 0.1) is 13.8 Å². The lowest BCUT2D eigenvalue weighted by atomic mass is 10.0. The number of benzene rings is 1. The Bertz CT molecular complexity index is 744. The van der Waals surface area contributed by atoms with E-state index in [-0.39, 0.29) is 11.9 Å². The van der Waals surface area contributed by atoms with Gasteiger partial charge in [-0.2, -0.15) is 0 Å². The number of para-hydroxylation sites is 1. The number of ether oxygens (including phenoxy) is 1. The third-order valence-corrected chi connectivity index (χ3v) is 5.59. The molecule has 3 rings (SSSR count). The Morgan fingerprint density at radius 3 is 2.71 bits per heavy atom. The molecule has 0 radical (unpaired) electrons. The number of carbonyl (C=O) groups is 1. The van der Waals surface area contributed by atoms with Crippen LogP contribution in [0.3, 0.4) is 0 Å². The lowest BCUT2D eigenvalue weighted by molar-refractivity contribution is 0.0546. The van der Waals surface area contributed by atoms with Gasteiger partial charge in [0.1, 0.15) is 10.6 Å². The van der Waals surface area contributed by atoms with Gasteiger partial charge in [0.2, 0.25) is 0 Å². The van der Waals surface area contributed by atoms with Crippen LogP contribution < -0.4 is 4.74 Å². The van der Waals surface area contributed by atoms with Crippen LogP contribution in [-0.4, -0.2) is 54.5 Å². The van der Waals surface area contributed by atoms with Gasteiger partial charge in [0.25, 0.3) is 5.91 Å². The summed E-state index contributed by atoms with van der Waals surface area (Å²) in [5.74, 6) is 0.958. The predicted octanol–water partition coefficient (Wildman–Crippen LogP) is 2.90. The van der Waals surface area contributed by atoms with Gasteiger partial charge in [0.05, 0.1) is 23.9 Å². The maximum atomic E-state index is 12.9. The van der Waals surface area contributed by atoms with Crippen LogP contribution in [0.1, 0.15) is 32.0 Å². The molecule has 1 atom stereocenters. The third kappa shape index (κ3) is 3.16. The molecule has 6 heteroatoms. The van der Waals surface area contributed by atoms with Crippen molar-refractivity contribution in [3.05, 3.63) is 45.4 Å². The van der Waals surface area contributed by atoms with Crippen molar-refractivity contribution in [2.24, 2.45) is 0 Å². The first-order chi connectivity index (χ1) is 11.5. The minimum Gasteiger partial charge on any atom is -0.496 e. The highest BCUT2D eigenvalue weighted by atomic mass is 32.1. The quantitative estimate of drug-likeness (QED) is 0.858. The van der Waals surface area contributed by atoms with Crippen molar-refractivity contribution in [1.29, 1.82) is 0 Å². The molecule has 0 N–H and O–H groups in total. The van der Waals surface area contributed by atoms with Crippen molar-refractivity contribution in [2.45, 2.75) is 19.9 Å². The molecule has 1 aliphatic heterocycles. The number of carbonyl (C=O) groups excluding carboxylic acids is 1. The third-order valence-electron chi connectivity index (χ3n) is 4.53. The van der Waals surface area contributed by atoms with E-state index in [1.54, 1.807) is 7.11 Å². The molecule has 0 saturated carbocycles. The first-order valence-electron chi connectivity index (χ1n) is 8.07. The number of piperazine rings is 1. The molecular weight excluding hydrogens is 322 g/mol. The number of amides is 1. The Morgan fingerprint density at radius 2 is 2.04 bits per heavy atom. The summed E-state index contributed by atoms with van der Waals surface area (Å²) in [5, 5.41) is 0.936. The number of likely N-dealkylation sites (N-methyl/N-ethyl adjacent to an activating group) is 1. The van der Waals surface area contributed by atoms with E-state index in [2.05, 4.69) is 23.0 Å². The normalized spacial score (nSPS) is 18.7. The van der Waals surface area contributed by atoms with Gasteiger partial charge in [-0.3, -0.25) is 9.69 Å². The zero-order valence-electron chi connectivity index (χ0n) is 14.6. The van der Waals surface area contributed by atoms with Gasteiger partial charge in [0, 0.05) is 25.2 Å². The largest absolute Gasteiger partial charge is 0.496 e. The van der Waals surface area contributed by atoms with Gasteiger partial charge in [0.15, 0.2) is 0 Å². The first-order valence-corrected chi connectivity index (χ1v) is 8.89. The van der Waals surface area contributed by atoms with Crippen molar-refractivity contribution in [3.8, 4) is 5.75 Å². The molecule has 5 nitrogen and oxygen atoms in total. The van der Waals surface area contributed by atoms with E-state index in [1.807, 2.05) is 36.9 Å². The topological polar surface area (TPSA) is 45.7 Å². The second kappa shape index (κ2) is 6.91. The molecular formula is C18H23N3O2S. The number of aromatic nitrogens is 1. The summed E-state index contributed by atoms with van der Waals surface area (Å²) in [5.41, 5.74) is 1.95. The average molecular weight is 345 g/mol. The molecule has 2 aromatic rings. The maximum absolute atomic E-state index is 12.9. The monoisotopic (exact) mass is 345 g/mol. The van der Waals surface area contributed by atoms with E-state index in [1.165, 1.54) is 11.3 Å². The van der Waals surface area contributed by atoms with Gasteiger partial charge in [-0.1, -0.05) is 18.2 Å². The minimum atomic E-state index is 0.0890. The molecule has 2 heterocycles. The Hall–Kier alpha value is -1.92. The summed E-state index contributed by atoms with van der Waals surface area (Å²) < 4.78 is 5.51. The molecule has 0 spiro atoms. The van der Waals surface area contributed by atoms with Crippen molar-refractivity contribution in [1.82, 2.24) is 14.8 Å².